The van der Waals surface area contributed by atoms with Gasteiger partial charge in [0.1, 0.15) is 5.82 Å². The monoisotopic (exact) mass is 404 g/mol. The second-order valence-corrected chi connectivity index (χ2v) is 7.24. The van der Waals surface area contributed by atoms with Gasteiger partial charge in [0.25, 0.3) is 0 Å². The van der Waals surface area contributed by atoms with E-state index in [1.54, 1.807) is 31.6 Å². The van der Waals surface area contributed by atoms with E-state index in [0.29, 0.717) is 29.1 Å². The average molecular weight is 405 g/mol. The van der Waals surface area contributed by atoms with Gasteiger partial charge in [-0.15, -0.1) is 6.58 Å². The highest BCUT2D eigenvalue weighted by Crippen LogP contribution is 2.25. The summed E-state index contributed by atoms with van der Waals surface area (Å²) in [5.41, 5.74) is 9.89. The number of hydrogen-bond acceptors (Lipinski definition) is 7. The molecule has 0 aliphatic carbocycles. The van der Waals surface area contributed by atoms with Crippen molar-refractivity contribution in [3.8, 4) is 0 Å². The topological polar surface area (TPSA) is 111 Å². The lowest BCUT2D eigenvalue weighted by Gasteiger charge is -2.36. The Morgan fingerprint density at radius 1 is 1.30 bits per heavy atom. The molecule has 2 atom stereocenters. The summed E-state index contributed by atoms with van der Waals surface area (Å²) >= 11 is 0. The van der Waals surface area contributed by atoms with E-state index in [4.69, 9.17) is 21.3 Å². The van der Waals surface area contributed by atoms with E-state index in [1.165, 1.54) is 6.21 Å². The largest absolute Gasteiger partial charge is 0.398 e. The van der Waals surface area contributed by atoms with Gasteiger partial charge < -0.3 is 26.1 Å². The molecule has 3 rings (SSSR count). The number of benzene rings is 1. The number of aromatic nitrogens is 1. The van der Waals surface area contributed by atoms with Gasteiger partial charge in [-0.1, -0.05) is 12.1 Å². The molecule has 5 N–H and O–H groups in total. The number of nitrogen functional groups attached to an aromatic ring is 1. The third kappa shape index (κ3) is 4.58. The van der Waals surface area contributed by atoms with Crippen molar-refractivity contribution in [1.82, 2.24) is 10.3 Å². The first-order valence-corrected chi connectivity index (χ1v) is 9.83. The van der Waals surface area contributed by atoms with Crippen molar-refractivity contribution in [2.45, 2.75) is 19.1 Å². The van der Waals surface area contributed by atoms with E-state index in [0.717, 1.165) is 23.5 Å². The van der Waals surface area contributed by atoms with Gasteiger partial charge in [-0.2, -0.15) is 0 Å². The number of ether oxygens (including phenoxy) is 1. The van der Waals surface area contributed by atoms with Gasteiger partial charge >= 0.3 is 0 Å². The van der Waals surface area contributed by atoms with Crippen LogP contribution in [0.2, 0.25) is 0 Å². The zero-order chi connectivity index (χ0) is 21.7. The van der Waals surface area contributed by atoms with Crippen LogP contribution in [0.15, 0.2) is 55.4 Å². The van der Waals surface area contributed by atoms with Crippen LogP contribution in [0.1, 0.15) is 23.6 Å². The van der Waals surface area contributed by atoms with E-state index >= 15 is 0 Å². The lowest BCUT2D eigenvalue weighted by molar-refractivity contribution is 0.0102. The van der Waals surface area contributed by atoms with Gasteiger partial charge in [-0.25, -0.2) is 4.98 Å². The van der Waals surface area contributed by atoms with Gasteiger partial charge in [-0.3, -0.25) is 5.41 Å². The van der Waals surface area contributed by atoms with E-state index in [9.17, 15) is 0 Å². The van der Waals surface area contributed by atoms with Gasteiger partial charge in [-0.05, 0) is 36.8 Å². The molecule has 1 aromatic carbocycles. The second-order valence-electron chi connectivity index (χ2n) is 7.24. The lowest BCUT2D eigenvalue weighted by atomic mass is 9.97. The number of anilines is 2. The maximum absolute atomic E-state index is 8.77. The molecule has 0 spiro atoms. The Hall–Kier alpha value is -3.45. The summed E-state index contributed by atoms with van der Waals surface area (Å²) in [6.07, 6.45) is 6.55. The summed E-state index contributed by atoms with van der Waals surface area (Å²) in [7, 11) is 1.78. The third-order valence-electron chi connectivity index (χ3n) is 5.02. The number of morpholine rings is 1. The van der Waals surface area contributed by atoms with E-state index in [-0.39, 0.29) is 12.2 Å². The predicted octanol–water partition coefficient (Wildman–Crippen LogP) is 3.07. The molecule has 2 aromatic rings. The van der Waals surface area contributed by atoms with Crippen LogP contribution < -0.4 is 16.0 Å². The third-order valence-corrected chi connectivity index (χ3v) is 5.02. The molecule has 0 amide bonds. The minimum absolute atomic E-state index is 0.0514. The molecular weight excluding hydrogens is 376 g/mol. The van der Waals surface area contributed by atoms with Crippen LogP contribution in [0.25, 0.3) is 5.57 Å². The molecule has 7 heteroatoms. The zero-order valence-corrected chi connectivity index (χ0v) is 17.4. The minimum atomic E-state index is -0.0514. The van der Waals surface area contributed by atoms with Crippen LogP contribution in [0.3, 0.4) is 0 Å². The first-order valence-electron chi connectivity index (χ1n) is 9.83. The Morgan fingerprint density at radius 3 is 2.80 bits per heavy atom. The fourth-order valence-corrected chi connectivity index (χ4v) is 3.52. The van der Waals surface area contributed by atoms with Crippen LogP contribution >= 0.6 is 0 Å². The molecule has 156 valence electrons. The molecule has 2 heterocycles. The van der Waals surface area contributed by atoms with Gasteiger partial charge in [0.05, 0.1) is 17.9 Å². The van der Waals surface area contributed by atoms with Crippen LogP contribution in [0, 0.1) is 10.8 Å². The van der Waals surface area contributed by atoms with E-state index < -0.39 is 0 Å². The maximum atomic E-state index is 8.77. The van der Waals surface area contributed by atoms with Crippen LogP contribution in [-0.2, 0) is 4.74 Å². The molecular formula is C23H28N6O. The summed E-state index contributed by atoms with van der Waals surface area (Å²) in [6, 6.07) is 9.19. The molecule has 1 fully saturated rings. The Bertz CT molecular complexity index is 983. The molecule has 0 unspecified atom stereocenters. The molecule has 1 aliphatic heterocycles. The molecule has 1 aliphatic rings. The van der Waals surface area contributed by atoms with Crippen molar-refractivity contribution >= 4 is 29.0 Å². The number of nitrogens with zero attached hydrogens (tertiary/aromatic N) is 2. The Morgan fingerprint density at radius 2 is 2.10 bits per heavy atom. The second kappa shape index (κ2) is 9.37. The van der Waals surface area contributed by atoms with E-state index in [2.05, 4.69) is 21.8 Å². The highest BCUT2D eigenvalue weighted by atomic mass is 16.5. The predicted molar refractivity (Wildman–Crippen MR) is 124 cm³/mol. The van der Waals surface area contributed by atoms with Gasteiger partial charge in [0.2, 0.25) is 0 Å². The maximum Gasteiger partial charge on any atom is 0.129 e. The Labute approximate surface area is 177 Å². The van der Waals surface area contributed by atoms with Crippen LogP contribution in [0.5, 0.6) is 0 Å². The van der Waals surface area contributed by atoms with Gasteiger partial charge in [0, 0.05) is 61.1 Å². The number of nitrogens with one attached hydrogen (secondary N) is 3. The highest BCUT2D eigenvalue weighted by Gasteiger charge is 2.24. The van der Waals surface area contributed by atoms with Crippen LogP contribution in [-0.4, -0.2) is 49.3 Å². The summed E-state index contributed by atoms with van der Waals surface area (Å²) in [4.78, 5) is 6.66. The summed E-state index contributed by atoms with van der Waals surface area (Å²) in [5.74, 6) is 0.796. The molecule has 7 nitrogen and oxygen atoms in total. The van der Waals surface area contributed by atoms with Crippen molar-refractivity contribution in [3.05, 3.63) is 72.1 Å². The number of allylic oxidation sites excluding steroid dienone is 1. The van der Waals surface area contributed by atoms with Crippen LogP contribution in [0.4, 0.5) is 11.5 Å². The zero-order valence-electron chi connectivity index (χ0n) is 17.4. The lowest BCUT2D eigenvalue weighted by Crippen LogP contribution is -2.46. The number of nitrogens with two attached hydrogens (primary N) is 1. The van der Waals surface area contributed by atoms with Crippen molar-refractivity contribution in [2.24, 2.45) is 0 Å². The van der Waals surface area contributed by atoms with Crippen molar-refractivity contribution in [3.63, 3.8) is 0 Å². The molecule has 1 aromatic heterocycles. The normalized spacial score (nSPS) is 19.3. The van der Waals surface area contributed by atoms with E-state index in [1.807, 2.05) is 31.2 Å². The number of hydrogen-bond donors (Lipinski definition) is 4. The smallest absolute Gasteiger partial charge is 0.129 e. The first-order chi connectivity index (χ1) is 14.5. The standard InChI is InChI=1S/C23H28N6O/c1-4-19-14-29(13-15(2)30-19)22-10-17(7-8-28-22)23(26)20-9-16(5-6-21(20)25)18(11-24)12-27-3/h4-12,15,19,24,26-27H,1,13-14,25H2,2-3H3/b18-12+,24-11?,26-23?/t15-,19+/m0/s1. The SMILES string of the molecule is C=C[C@@H]1CN(c2cc(C(=N)c3cc(/C(C=N)=C/NC)ccc3N)ccn2)C[C@H](C)O1. The Kier molecular flexibility index (Phi) is 6.64. The minimum Gasteiger partial charge on any atom is -0.398 e. The van der Waals surface area contributed by atoms with Crippen molar-refractivity contribution in [2.75, 3.05) is 30.8 Å². The molecule has 0 radical (unpaired) electrons. The molecule has 30 heavy (non-hydrogen) atoms. The quantitative estimate of drug-likeness (QED) is 0.322. The summed E-state index contributed by atoms with van der Waals surface area (Å²) in [6.45, 7) is 7.27. The first kappa shape index (κ1) is 21.3. The molecule has 0 bridgehead atoms. The molecule has 1 saturated heterocycles. The fraction of sp³-hybridized carbons (Fsp3) is 0.261. The van der Waals surface area contributed by atoms with Crippen molar-refractivity contribution < 1.29 is 4.74 Å². The number of pyridine rings is 1. The fourth-order valence-electron chi connectivity index (χ4n) is 3.52. The van der Waals surface area contributed by atoms with Crippen molar-refractivity contribution in [1.29, 1.82) is 10.8 Å². The summed E-state index contributed by atoms with van der Waals surface area (Å²) < 4.78 is 5.84. The van der Waals surface area contributed by atoms with Gasteiger partial charge in [0.15, 0.2) is 0 Å². The summed E-state index contributed by atoms with van der Waals surface area (Å²) in [5, 5.41) is 19.4. The Balaban J connectivity index is 1.93. The number of rotatable bonds is 7. The average Bonchev–Trinajstić information content (AvgIpc) is 2.77. The highest BCUT2D eigenvalue weighted by molar-refractivity contribution is 6.15. The molecule has 0 saturated carbocycles.